The summed E-state index contributed by atoms with van der Waals surface area (Å²) in [5.41, 5.74) is 0.775. The number of hydrogen-bond donors (Lipinski definition) is 2. The minimum Gasteiger partial charge on any atom is -0.497 e. The molecule has 2 N–H and O–H groups in total. The zero-order chi connectivity index (χ0) is 18.9. The summed E-state index contributed by atoms with van der Waals surface area (Å²) in [5.74, 6) is 0.863. The first kappa shape index (κ1) is 18.5. The largest absolute Gasteiger partial charge is 0.497 e. The molecule has 0 unspecified atom stereocenters. The van der Waals surface area contributed by atoms with E-state index >= 15 is 0 Å². The summed E-state index contributed by atoms with van der Waals surface area (Å²) in [6, 6.07) is 10.9. The van der Waals surface area contributed by atoms with Crippen LogP contribution in [0.4, 0.5) is 11.4 Å². The maximum Gasteiger partial charge on any atom is 0.263 e. The van der Waals surface area contributed by atoms with Gasteiger partial charge in [0, 0.05) is 17.3 Å². The maximum absolute atomic E-state index is 12.7. The minimum absolute atomic E-state index is 0.0110. The van der Waals surface area contributed by atoms with Crippen molar-refractivity contribution in [2.24, 2.45) is 11.8 Å². The van der Waals surface area contributed by atoms with Gasteiger partial charge in [0.25, 0.3) is 10.0 Å². The Bertz CT molecular complexity index is 929. The molecular weight excluding hydrogens is 376 g/mol. The molecule has 2 aromatic carbocycles. The third kappa shape index (κ3) is 4.11. The van der Waals surface area contributed by atoms with Crippen LogP contribution in [0.1, 0.15) is 13.3 Å². The Morgan fingerprint density at radius 3 is 2.35 bits per heavy atom. The molecule has 2 atom stereocenters. The van der Waals surface area contributed by atoms with Gasteiger partial charge in [0.1, 0.15) is 10.6 Å². The highest BCUT2D eigenvalue weighted by Gasteiger charge is 2.39. The van der Waals surface area contributed by atoms with Crippen LogP contribution in [0.5, 0.6) is 5.75 Å². The number of benzene rings is 2. The van der Waals surface area contributed by atoms with Gasteiger partial charge in [0.15, 0.2) is 0 Å². The monoisotopic (exact) mass is 394 g/mol. The van der Waals surface area contributed by atoms with Gasteiger partial charge in [0.05, 0.1) is 12.1 Å². The van der Waals surface area contributed by atoms with E-state index in [2.05, 4.69) is 10.0 Å². The fourth-order valence-electron chi connectivity index (χ4n) is 2.58. The molecule has 1 aliphatic carbocycles. The van der Waals surface area contributed by atoms with Crippen molar-refractivity contribution in [1.29, 1.82) is 0 Å². The molecule has 0 saturated heterocycles. The van der Waals surface area contributed by atoms with Crippen LogP contribution in [0, 0.1) is 11.8 Å². The van der Waals surface area contributed by atoms with E-state index in [1.807, 2.05) is 6.92 Å². The average molecular weight is 395 g/mol. The van der Waals surface area contributed by atoms with Gasteiger partial charge in [0.2, 0.25) is 5.91 Å². The van der Waals surface area contributed by atoms with Crippen molar-refractivity contribution >= 4 is 38.9 Å². The summed E-state index contributed by atoms with van der Waals surface area (Å²) in [4.78, 5) is 12.0. The number of carbonyl (C=O) groups is 1. The van der Waals surface area contributed by atoms with Crippen molar-refractivity contribution in [3.8, 4) is 5.75 Å². The molecule has 2 aromatic rings. The summed E-state index contributed by atoms with van der Waals surface area (Å²) in [5, 5.41) is 2.82. The summed E-state index contributed by atoms with van der Waals surface area (Å²) in [7, 11) is -2.38. The van der Waals surface area contributed by atoms with Gasteiger partial charge in [-0.15, -0.1) is 0 Å². The van der Waals surface area contributed by atoms with E-state index in [-0.39, 0.29) is 21.7 Å². The van der Waals surface area contributed by atoms with E-state index < -0.39 is 10.0 Å². The van der Waals surface area contributed by atoms with Gasteiger partial charge in [-0.3, -0.25) is 9.52 Å². The van der Waals surface area contributed by atoms with E-state index in [1.165, 1.54) is 19.2 Å². The molecule has 0 heterocycles. The normalized spacial score (nSPS) is 18.9. The number of amides is 1. The molecule has 1 aliphatic rings. The lowest BCUT2D eigenvalue weighted by atomic mass is 10.3. The zero-order valence-corrected chi connectivity index (χ0v) is 15.9. The Labute approximate surface area is 157 Å². The van der Waals surface area contributed by atoms with Crippen LogP contribution in [-0.4, -0.2) is 21.4 Å². The molecular formula is C18H19ClN2O4S. The van der Waals surface area contributed by atoms with Gasteiger partial charge in [-0.1, -0.05) is 18.5 Å². The van der Waals surface area contributed by atoms with E-state index in [0.717, 1.165) is 6.42 Å². The number of sulfonamides is 1. The maximum atomic E-state index is 12.7. The Morgan fingerprint density at radius 1 is 1.15 bits per heavy atom. The predicted octanol–water partition coefficient (Wildman–Crippen LogP) is 3.74. The highest BCUT2D eigenvalue weighted by Crippen LogP contribution is 2.38. The predicted molar refractivity (Wildman–Crippen MR) is 101 cm³/mol. The van der Waals surface area contributed by atoms with Gasteiger partial charge < -0.3 is 10.1 Å². The minimum atomic E-state index is -3.91. The van der Waals surface area contributed by atoms with Gasteiger partial charge >= 0.3 is 0 Å². The van der Waals surface area contributed by atoms with E-state index in [9.17, 15) is 13.2 Å². The highest BCUT2D eigenvalue weighted by atomic mass is 35.5. The molecule has 6 nitrogen and oxygen atoms in total. The van der Waals surface area contributed by atoms with Crippen LogP contribution >= 0.6 is 11.6 Å². The number of carbonyl (C=O) groups excluding carboxylic acids is 1. The van der Waals surface area contributed by atoms with E-state index in [0.29, 0.717) is 23.0 Å². The van der Waals surface area contributed by atoms with Gasteiger partial charge in [-0.05, 0) is 54.8 Å². The lowest BCUT2D eigenvalue weighted by Gasteiger charge is -2.12. The second-order valence-corrected chi connectivity index (χ2v) is 8.35. The standard InChI is InChI=1S/C18H19ClN2O4S/c1-11-9-15(11)18(22)20-13-5-8-16(19)17(10-13)26(23,24)21-12-3-6-14(25-2)7-4-12/h3-8,10-11,15,21H,9H2,1-2H3,(H,20,22)/t11-,15+/m1/s1. The molecule has 26 heavy (non-hydrogen) atoms. The van der Waals surface area contributed by atoms with Crippen molar-refractivity contribution in [1.82, 2.24) is 0 Å². The van der Waals surface area contributed by atoms with Crippen LogP contribution in [-0.2, 0) is 14.8 Å². The Kier molecular flexibility index (Phi) is 5.11. The second kappa shape index (κ2) is 7.17. The molecule has 3 rings (SSSR count). The van der Waals surface area contributed by atoms with Crippen LogP contribution in [0.3, 0.4) is 0 Å². The van der Waals surface area contributed by atoms with Gasteiger partial charge in [-0.25, -0.2) is 8.42 Å². The summed E-state index contributed by atoms with van der Waals surface area (Å²) >= 11 is 6.08. The van der Waals surface area contributed by atoms with Crippen LogP contribution in [0.25, 0.3) is 0 Å². The fraction of sp³-hybridized carbons (Fsp3) is 0.278. The lowest BCUT2D eigenvalue weighted by molar-refractivity contribution is -0.117. The molecule has 8 heteroatoms. The molecule has 1 saturated carbocycles. The first-order valence-corrected chi connectivity index (χ1v) is 9.93. The van der Waals surface area contributed by atoms with E-state index in [1.54, 1.807) is 30.3 Å². The Hall–Kier alpha value is -2.25. The zero-order valence-electron chi connectivity index (χ0n) is 14.3. The molecule has 0 spiro atoms. The van der Waals surface area contributed by atoms with Crippen molar-refractivity contribution in [2.75, 3.05) is 17.1 Å². The molecule has 0 bridgehead atoms. The Morgan fingerprint density at radius 2 is 1.77 bits per heavy atom. The molecule has 0 aliphatic heterocycles. The molecule has 0 radical (unpaired) electrons. The average Bonchev–Trinajstić information content (AvgIpc) is 3.34. The molecule has 0 aromatic heterocycles. The summed E-state index contributed by atoms with van der Waals surface area (Å²) < 4.78 is 32.9. The molecule has 1 fully saturated rings. The smallest absolute Gasteiger partial charge is 0.263 e. The molecule has 138 valence electrons. The molecule has 1 amide bonds. The number of methoxy groups -OCH3 is 1. The first-order valence-electron chi connectivity index (χ1n) is 8.07. The summed E-state index contributed by atoms with van der Waals surface area (Å²) in [6.45, 7) is 2.00. The third-order valence-electron chi connectivity index (χ3n) is 4.28. The van der Waals surface area contributed by atoms with Crippen LogP contribution in [0.2, 0.25) is 5.02 Å². The van der Waals surface area contributed by atoms with Crippen molar-refractivity contribution in [3.63, 3.8) is 0 Å². The number of halogens is 1. The number of ether oxygens (including phenoxy) is 1. The SMILES string of the molecule is COc1ccc(NS(=O)(=O)c2cc(NC(=O)[C@H]3C[C@H]3C)ccc2Cl)cc1. The summed E-state index contributed by atoms with van der Waals surface area (Å²) in [6.07, 6.45) is 0.851. The van der Waals surface area contributed by atoms with Crippen molar-refractivity contribution < 1.29 is 17.9 Å². The van der Waals surface area contributed by atoms with Crippen LogP contribution < -0.4 is 14.8 Å². The fourth-order valence-corrected chi connectivity index (χ4v) is 4.16. The Balaban J connectivity index is 1.81. The number of nitrogens with one attached hydrogen (secondary N) is 2. The lowest BCUT2D eigenvalue weighted by Crippen LogP contribution is -2.16. The number of hydrogen-bond acceptors (Lipinski definition) is 4. The number of rotatable bonds is 6. The third-order valence-corrected chi connectivity index (χ3v) is 6.14. The van der Waals surface area contributed by atoms with Crippen LogP contribution in [0.15, 0.2) is 47.4 Å². The number of anilines is 2. The van der Waals surface area contributed by atoms with Crippen molar-refractivity contribution in [2.45, 2.75) is 18.2 Å². The van der Waals surface area contributed by atoms with Crippen molar-refractivity contribution in [3.05, 3.63) is 47.5 Å². The highest BCUT2D eigenvalue weighted by molar-refractivity contribution is 7.92. The van der Waals surface area contributed by atoms with Gasteiger partial charge in [-0.2, -0.15) is 0 Å². The van der Waals surface area contributed by atoms with E-state index in [4.69, 9.17) is 16.3 Å². The second-order valence-electron chi connectivity index (χ2n) is 6.29. The topological polar surface area (TPSA) is 84.5 Å². The quantitative estimate of drug-likeness (QED) is 0.781. The first-order chi connectivity index (χ1) is 12.3.